The van der Waals surface area contributed by atoms with Gasteiger partial charge in [0.1, 0.15) is 121 Å². The maximum atomic E-state index is 13.9. The van der Waals surface area contributed by atoms with Gasteiger partial charge >= 0.3 is 0 Å². The lowest BCUT2D eigenvalue weighted by atomic mass is 9.92. The lowest BCUT2D eigenvalue weighted by Crippen LogP contribution is -2.72. The fraction of sp³-hybridized carbons (Fsp3) is 0.772. The van der Waals surface area contributed by atoms with Crippen molar-refractivity contribution < 1.29 is 128 Å². The summed E-state index contributed by atoms with van der Waals surface area (Å²) in [7, 11) is 0. The number of ether oxygens (including phenoxy) is 10. The number of allylic oxidation sites excluding steroid dienone is 2. The minimum Gasteiger partial charge on any atom is -0.494 e. The molecule has 0 bridgehead atoms. The first kappa shape index (κ1) is 72.4. The van der Waals surface area contributed by atoms with Crippen LogP contribution in [0.5, 0.6) is 5.75 Å². The molecule has 31 nitrogen and oxygen atoms in total. The smallest absolute Gasteiger partial charge is 0.251 e. The average molecular weight is 1260 g/mol. The Balaban J connectivity index is 1.18. The first-order chi connectivity index (χ1) is 42.0. The lowest BCUT2D eigenvalue weighted by molar-refractivity contribution is -0.366. The zero-order valence-electron chi connectivity index (χ0n) is 50.1. The maximum Gasteiger partial charge on any atom is 0.251 e. The first-order valence-electron chi connectivity index (χ1n) is 29.8. The quantitative estimate of drug-likeness (QED) is 0.0263. The standard InChI is InChI=1S/C57H91N5O26/c1-7-8-9-10-11-12-13-14-15-19-79-32-18-16-17-31(20-32)53(78)62-39-44(73)43(72)33(21-63)81-54(39)86-50-35(23-65)83-56(41(46(50)75)60-29(5)70)88-52-37(25-67)84-57(42(48(52)77)61-30(6)71)87-51-36(24-66)82-55(40(47(51)76)59-28(4)69)85-49-34(22-64)80-26(2)38(45(49)74)58-27(3)68/h12-13,16-18,20,26,33-52,54-57,63-67,72-77H,7-11,14-15,19,21-25H2,1-6H3,(H,58,68)(H,59,69)(H,60,70)(H,61,71)(H,62,78)/b13-12-/t26?,33?,34?,35-,36-,37?,38+,39-,40?,41?,42-,43+,44+,45+,46?,47?,48+,49?,50+,51+,52?,54?,55-,56?,57-/m0/s1. The summed E-state index contributed by atoms with van der Waals surface area (Å²) in [5.41, 5.74) is 0.0635. The van der Waals surface area contributed by atoms with Crippen LogP contribution >= 0.6 is 0 Å². The summed E-state index contributed by atoms with van der Waals surface area (Å²) in [4.78, 5) is 64.3. The molecule has 25 atom stereocenters. The maximum absolute atomic E-state index is 13.9. The number of rotatable bonds is 29. The van der Waals surface area contributed by atoms with E-state index in [1.807, 2.05) is 0 Å². The Morgan fingerprint density at radius 2 is 0.841 bits per heavy atom. The van der Waals surface area contributed by atoms with Crippen LogP contribution in [0.1, 0.15) is 96.8 Å². The van der Waals surface area contributed by atoms with Gasteiger partial charge in [-0.25, -0.2) is 0 Å². The van der Waals surface area contributed by atoms with Crippen LogP contribution in [0.3, 0.4) is 0 Å². The van der Waals surface area contributed by atoms with Crippen LogP contribution in [-0.2, 0) is 61.8 Å². The van der Waals surface area contributed by atoms with Gasteiger partial charge in [-0.2, -0.15) is 0 Å². The minimum atomic E-state index is -2.01. The predicted molar refractivity (Wildman–Crippen MR) is 301 cm³/mol. The molecule has 0 aliphatic carbocycles. The lowest BCUT2D eigenvalue weighted by Gasteiger charge is -2.51. The van der Waals surface area contributed by atoms with E-state index in [2.05, 4.69) is 45.7 Å². The van der Waals surface area contributed by atoms with E-state index < -0.39 is 216 Å². The van der Waals surface area contributed by atoms with Crippen molar-refractivity contribution in [3.05, 3.63) is 42.0 Å². The molecule has 16 N–H and O–H groups in total. The minimum absolute atomic E-state index is 0.0635. The number of amides is 5. The Morgan fingerprint density at radius 3 is 1.25 bits per heavy atom. The number of hydrogen-bond acceptors (Lipinski definition) is 26. The van der Waals surface area contributed by atoms with E-state index >= 15 is 0 Å². The van der Waals surface area contributed by atoms with Gasteiger partial charge in [-0.3, -0.25) is 24.0 Å². The molecule has 0 aromatic heterocycles. The molecule has 0 spiro atoms. The van der Waals surface area contributed by atoms with E-state index in [-0.39, 0.29) is 5.56 Å². The van der Waals surface area contributed by atoms with Crippen molar-refractivity contribution in [1.82, 2.24) is 26.6 Å². The SMILES string of the molecule is CCCCCC/C=C\CCCOc1cccc(C(=O)N[C@@H]2C(O[C@H]3C(O)C(NC(C)=O)C(OC4C(CO)O[C@@H](O[C@H]5C(O)C(NC(C)=O)[C@H](OC6C(CO)OC(C)[C@@H](NC(C)=O)[C@H]6O)O[C@H]5CO)[C@@H](NC(C)=O)[C@H]4O)O[C@H]3CO)OC(CO)[C@@H](O)[C@@H]2O)c1. The van der Waals surface area contributed by atoms with E-state index in [1.165, 1.54) is 45.2 Å². The fourth-order valence-corrected chi connectivity index (χ4v) is 11.4. The molecule has 0 radical (unpaired) electrons. The summed E-state index contributed by atoms with van der Waals surface area (Å²) < 4.78 is 60.6. The van der Waals surface area contributed by atoms with E-state index in [0.29, 0.717) is 18.8 Å². The Labute approximate surface area is 509 Å². The van der Waals surface area contributed by atoms with Gasteiger partial charge < -0.3 is 130 Å². The molecule has 0 saturated carbocycles. The Kier molecular flexibility index (Phi) is 28.5. The fourth-order valence-electron chi connectivity index (χ4n) is 11.4. The van der Waals surface area contributed by atoms with Gasteiger partial charge in [0.15, 0.2) is 25.2 Å². The number of nitrogens with one attached hydrogen (secondary N) is 5. The summed E-state index contributed by atoms with van der Waals surface area (Å²) in [6, 6.07) is -1.61. The second-order valence-electron chi connectivity index (χ2n) is 22.6. The van der Waals surface area contributed by atoms with Crippen molar-refractivity contribution in [1.29, 1.82) is 0 Å². The average Bonchev–Trinajstić information content (AvgIpc) is 1.44. The Morgan fingerprint density at radius 1 is 0.466 bits per heavy atom. The highest BCUT2D eigenvalue weighted by Crippen LogP contribution is 2.36. The molecule has 500 valence electrons. The number of benzene rings is 1. The van der Waals surface area contributed by atoms with Gasteiger partial charge in [-0.05, 0) is 50.8 Å². The third-order valence-corrected chi connectivity index (χ3v) is 15.8. The molecule has 5 fully saturated rings. The number of aliphatic hydroxyl groups excluding tert-OH is 11. The van der Waals surface area contributed by atoms with Gasteiger partial charge in [0.05, 0.1) is 51.8 Å². The van der Waals surface area contributed by atoms with Crippen LogP contribution in [0.4, 0.5) is 0 Å². The summed E-state index contributed by atoms with van der Waals surface area (Å²) in [5.74, 6) is -3.30. The summed E-state index contributed by atoms with van der Waals surface area (Å²) in [6.45, 7) is 3.96. The molecule has 5 saturated heterocycles. The van der Waals surface area contributed by atoms with E-state index in [0.717, 1.165) is 40.0 Å². The monoisotopic (exact) mass is 1260 g/mol. The van der Waals surface area contributed by atoms with Crippen LogP contribution < -0.4 is 31.3 Å². The van der Waals surface area contributed by atoms with Crippen LogP contribution in [0, 0.1) is 0 Å². The highest BCUT2D eigenvalue weighted by Gasteiger charge is 2.57. The molecule has 5 aliphatic rings. The van der Waals surface area contributed by atoms with Crippen molar-refractivity contribution in [3.63, 3.8) is 0 Å². The van der Waals surface area contributed by atoms with E-state index in [9.17, 15) is 80.1 Å². The molecule has 31 heteroatoms. The van der Waals surface area contributed by atoms with Crippen LogP contribution in [0.2, 0.25) is 0 Å². The largest absolute Gasteiger partial charge is 0.494 e. The highest BCUT2D eigenvalue weighted by molar-refractivity contribution is 5.94. The molecule has 1 aromatic rings. The molecule has 5 amide bonds. The van der Waals surface area contributed by atoms with Crippen LogP contribution in [0.15, 0.2) is 36.4 Å². The van der Waals surface area contributed by atoms with E-state index in [4.69, 9.17) is 47.4 Å². The van der Waals surface area contributed by atoms with Crippen LogP contribution in [0.25, 0.3) is 0 Å². The number of unbranched alkanes of at least 4 members (excludes halogenated alkanes) is 5. The Bertz CT molecular complexity index is 2400. The number of carbonyl (C=O) groups is 5. The van der Waals surface area contributed by atoms with Crippen molar-refractivity contribution in [2.45, 2.75) is 240 Å². The molecule has 6 rings (SSSR count). The molecule has 88 heavy (non-hydrogen) atoms. The molecular formula is C57H91N5O26. The molecule has 1 aromatic carbocycles. The number of aliphatic hydroxyl groups is 11. The molecular weight excluding hydrogens is 1170 g/mol. The van der Waals surface area contributed by atoms with Crippen molar-refractivity contribution in [3.8, 4) is 5.75 Å². The van der Waals surface area contributed by atoms with Gasteiger partial charge in [-0.1, -0.05) is 44.4 Å². The third-order valence-electron chi connectivity index (χ3n) is 15.8. The summed E-state index contributed by atoms with van der Waals surface area (Å²) >= 11 is 0. The second-order valence-corrected chi connectivity index (χ2v) is 22.6. The number of hydrogen-bond donors (Lipinski definition) is 16. The predicted octanol–water partition coefficient (Wildman–Crippen LogP) is -5.16. The number of carbonyl (C=O) groups excluding carboxylic acids is 5. The first-order valence-corrected chi connectivity index (χ1v) is 29.8. The second kappa shape index (κ2) is 34.7. The zero-order chi connectivity index (χ0) is 64.5. The van der Waals surface area contributed by atoms with Gasteiger partial charge in [-0.15, -0.1) is 0 Å². The van der Waals surface area contributed by atoms with Gasteiger partial charge in [0.2, 0.25) is 23.6 Å². The van der Waals surface area contributed by atoms with E-state index in [1.54, 1.807) is 12.1 Å². The van der Waals surface area contributed by atoms with Crippen molar-refractivity contribution >= 4 is 29.5 Å². The third kappa shape index (κ3) is 18.7. The van der Waals surface area contributed by atoms with Crippen molar-refractivity contribution in [2.75, 3.05) is 39.6 Å². The summed E-state index contributed by atoms with van der Waals surface area (Å²) in [5, 5.41) is 135. The normalized spacial score (nSPS) is 37.8. The van der Waals surface area contributed by atoms with Gasteiger partial charge in [0.25, 0.3) is 5.91 Å². The zero-order valence-corrected chi connectivity index (χ0v) is 50.1. The van der Waals surface area contributed by atoms with Gasteiger partial charge in [0, 0.05) is 33.3 Å². The summed E-state index contributed by atoms with van der Waals surface area (Å²) in [6.07, 6.45) is -22.4. The Hall–Kier alpha value is -4.69. The highest BCUT2D eigenvalue weighted by atomic mass is 16.8. The molecule has 12 unspecified atom stereocenters. The topological polar surface area (TPSA) is 460 Å². The molecule has 5 heterocycles. The molecule has 5 aliphatic heterocycles. The van der Waals surface area contributed by atoms with Crippen LogP contribution in [-0.4, -0.2) is 278 Å². The van der Waals surface area contributed by atoms with Crippen molar-refractivity contribution in [2.24, 2.45) is 0 Å².